The van der Waals surface area contributed by atoms with Crippen molar-refractivity contribution in [3.05, 3.63) is 18.2 Å². The van der Waals surface area contributed by atoms with Crippen molar-refractivity contribution in [2.75, 3.05) is 22.5 Å². The highest BCUT2D eigenvalue weighted by Gasteiger charge is 2.39. The van der Waals surface area contributed by atoms with Crippen molar-refractivity contribution in [1.29, 1.82) is 0 Å². The monoisotopic (exact) mass is 219 g/mol. The zero-order valence-corrected chi connectivity index (χ0v) is 9.87. The molecule has 0 fully saturated rings. The van der Waals surface area contributed by atoms with Crippen LogP contribution < -0.4 is 16.0 Å². The minimum absolute atomic E-state index is 0.00690. The number of likely N-dealkylation sites (N-methyl/N-ethyl adjacent to an activating group) is 1. The molecule has 0 bridgehead atoms. The van der Waals surface area contributed by atoms with E-state index in [-0.39, 0.29) is 5.91 Å². The van der Waals surface area contributed by atoms with Crippen molar-refractivity contribution in [3.63, 3.8) is 0 Å². The van der Waals surface area contributed by atoms with E-state index in [2.05, 4.69) is 5.32 Å². The number of nitrogens with two attached hydrogens (primary N) is 1. The van der Waals surface area contributed by atoms with Gasteiger partial charge in [-0.15, -0.1) is 0 Å². The second-order valence-corrected chi connectivity index (χ2v) is 4.50. The summed E-state index contributed by atoms with van der Waals surface area (Å²) in [6.45, 7) is 6.58. The summed E-state index contributed by atoms with van der Waals surface area (Å²) in [5.74, 6) is 0.00690. The topological polar surface area (TPSA) is 58.4 Å². The Morgan fingerprint density at radius 1 is 1.44 bits per heavy atom. The predicted molar refractivity (Wildman–Crippen MR) is 66.6 cm³/mol. The Morgan fingerprint density at radius 3 is 2.75 bits per heavy atom. The van der Waals surface area contributed by atoms with E-state index in [9.17, 15) is 4.79 Å². The summed E-state index contributed by atoms with van der Waals surface area (Å²) in [5, 5.41) is 2.89. The van der Waals surface area contributed by atoms with Gasteiger partial charge in [-0.05, 0) is 32.9 Å². The molecule has 4 heteroatoms. The molecule has 1 aromatic carbocycles. The van der Waals surface area contributed by atoms with E-state index >= 15 is 0 Å². The number of para-hydroxylation sites is 1. The van der Waals surface area contributed by atoms with E-state index in [1.54, 1.807) is 0 Å². The highest BCUT2D eigenvalue weighted by Crippen LogP contribution is 2.40. The lowest BCUT2D eigenvalue weighted by atomic mass is 9.96. The number of amides is 1. The molecular weight excluding hydrogens is 202 g/mol. The minimum atomic E-state index is -0.558. The number of hydrogen-bond donors (Lipinski definition) is 2. The second-order valence-electron chi connectivity index (χ2n) is 4.50. The molecule has 3 N–H and O–H groups in total. The van der Waals surface area contributed by atoms with Crippen LogP contribution in [0.2, 0.25) is 0 Å². The number of carbonyl (C=O) groups is 1. The van der Waals surface area contributed by atoms with E-state index in [4.69, 9.17) is 5.73 Å². The van der Waals surface area contributed by atoms with E-state index in [0.29, 0.717) is 5.69 Å². The molecule has 0 radical (unpaired) electrons. The number of nitrogens with one attached hydrogen (secondary N) is 1. The lowest BCUT2D eigenvalue weighted by molar-refractivity contribution is -0.120. The van der Waals surface area contributed by atoms with Gasteiger partial charge in [0.2, 0.25) is 5.91 Å². The van der Waals surface area contributed by atoms with Gasteiger partial charge in [0, 0.05) is 6.54 Å². The molecule has 0 aromatic heterocycles. The van der Waals surface area contributed by atoms with Crippen LogP contribution in [0.3, 0.4) is 0 Å². The fourth-order valence-corrected chi connectivity index (χ4v) is 2.19. The number of anilines is 3. The van der Waals surface area contributed by atoms with Gasteiger partial charge in [-0.3, -0.25) is 4.79 Å². The summed E-state index contributed by atoms with van der Waals surface area (Å²) in [7, 11) is 0. The van der Waals surface area contributed by atoms with E-state index < -0.39 is 5.54 Å². The molecule has 0 unspecified atom stereocenters. The first-order valence-electron chi connectivity index (χ1n) is 5.46. The first-order chi connectivity index (χ1) is 7.48. The van der Waals surface area contributed by atoms with Crippen molar-refractivity contribution in [1.82, 2.24) is 0 Å². The number of nitrogens with zero attached hydrogens (tertiary/aromatic N) is 1. The van der Waals surface area contributed by atoms with Crippen molar-refractivity contribution < 1.29 is 4.79 Å². The molecular formula is C12H17N3O. The normalized spacial score (nSPS) is 17.9. The van der Waals surface area contributed by atoms with Gasteiger partial charge in [0.1, 0.15) is 5.54 Å². The molecule has 0 atom stereocenters. The highest BCUT2D eigenvalue weighted by atomic mass is 16.2. The third-order valence-electron chi connectivity index (χ3n) is 3.13. The van der Waals surface area contributed by atoms with Gasteiger partial charge >= 0.3 is 0 Å². The molecule has 0 saturated carbocycles. The maximum Gasteiger partial charge on any atom is 0.249 e. The molecule has 1 heterocycles. The van der Waals surface area contributed by atoms with E-state index in [0.717, 1.165) is 17.9 Å². The molecule has 16 heavy (non-hydrogen) atoms. The smallest absolute Gasteiger partial charge is 0.249 e. The number of benzene rings is 1. The second kappa shape index (κ2) is 3.40. The summed E-state index contributed by atoms with van der Waals surface area (Å²) >= 11 is 0. The zero-order valence-electron chi connectivity index (χ0n) is 9.87. The van der Waals surface area contributed by atoms with Crippen LogP contribution in [-0.4, -0.2) is 18.0 Å². The zero-order chi connectivity index (χ0) is 11.9. The fourth-order valence-electron chi connectivity index (χ4n) is 2.19. The number of fused-ring (bicyclic) bond motifs is 1. The number of carbonyl (C=O) groups excluding carboxylic acids is 1. The molecule has 0 spiro atoms. The quantitative estimate of drug-likeness (QED) is 0.708. The summed E-state index contributed by atoms with van der Waals surface area (Å²) in [4.78, 5) is 14.0. The fraction of sp³-hybridized carbons (Fsp3) is 0.417. The maximum atomic E-state index is 12.0. The molecule has 1 aromatic rings. The highest BCUT2D eigenvalue weighted by molar-refractivity contribution is 6.08. The van der Waals surface area contributed by atoms with Gasteiger partial charge in [-0.1, -0.05) is 6.07 Å². The summed E-state index contributed by atoms with van der Waals surface area (Å²) in [5.41, 5.74) is 7.85. The Hall–Kier alpha value is -1.71. The van der Waals surface area contributed by atoms with Gasteiger partial charge in [0.05, 0.1) is 17.1 Å². The summed E-state index contributed by atoms with van der Waals surface area (Å²) in [6, 6.07) is 5.58. The standard InChI is InChI=1S/C12H17N3O/c1-4-15-10-8(13)6-5-7-9(10)14-11(16)12(15,2)3/h5-7H,4,13H2,1-3H3,(H,14,16). The van der Waals surface area contributed by atoms with Crippen molar-refractivity contribution >= 4 is 23.0 Å². The number of hydrogen-bond acceptors (Lipinski definition) is 3. The van der Waals surface area contributed by atoms with Gasteiger partial charge in [-0.2, -0.15) is 0 Å². The van der Waals surface area contributed by atoms with Gasteiger partial charge in [0.15, 0.2) is 0 Å². The van der Waals surface area contributed by atoms with Crippen LogP contribution in [0.1, 0.15) is 20.8 Å². The molecule has 1 aliphatic heterocycles. The molecule has 2 rings (SSSR count). The van der Waals surface area contributed by atoms with Gasteiger partial charge in [0.25, 0.3) is 0 Å². The largest absolute Gasteiger partial charge is 0.397 e. The number of nitrogen functional groups attached to an aromatic ring is 1. The van der Waals surface area contributed by atoms with Crippen LogP contribution in [0.5, 0.6) is 0 Å². The summed E-state index contributed by atoms with van der Waals surface area (Å²) in [6.07, 6.45) is 0. The van der Waals surface area contributed by atoms with Crippen LogP contribution in [0.25, 0.3) is 0 Å². The minimum Gasteiger partial charge on any atom is -0.397 e. The molecule has 0 saturated heterocycles. The lowest BCUT2D eigenvalue weighted by Crippen LogP contribution is -2.56. The molecule has 86 valence electrons. The van der Waals surface area contributed by atoms with Gasteiger partial charge < -0.3 is 16.0 Å². The Balaban J connectivity index is 2.63. The lowest BCUT2D eigenvalue weighted by Gasteiger charge is -2.43. The van der Waals surface area contributed by atoms with E-state index in [1.165, 1.54) is 0 Å². The van der Waals surface area contributed by atoms with Gasteiger partial charge in [-0.25, -0.2) is 0 Å². The molecule has 1 aliphatic rings. The third-order valence-corrected chi connectivity index (χ3v) is 3.13. The maximum absolute atomic E-state index is 12.0. The predicted octanol–water partition coefficient (Wildman–Crippen LogP) is 1.83. The summed E-state index contributed by atoms with van der Waals surface area (Å²) < 4.78 is 0. The average molecular weight is 219 g/mol. The third kappa shape index (κ3) is 1.33. The van der Waals surface area contributed by atoms with Crippen molar-refractivity contribution in [2.45, 2.75) is 26.3 Å². The SMILES string of the molecule is CCN1c2c(N)cccc2NC(=O)C1(C)C. The Labute approximate surface area is 95.4 Å². The van der Waals surface area contributed by atoms with Crippen LogP contribution >= 0.6 is 0 Å². The van der Waals surface area contributed by atoms with Crippen LogP contribution in [-0.2, 0) is 4.79 Å². The van der Waals surface area contributed by atoms with Crippen molar-refractivity contribution in [2.24, 2.45) is 0 Å². The van der Waals surface area contributed by atoms with Crippen LogP contribution in [0.15, 0.2) is 18.2 Å². The Bertz CT molecular complexity index is 440. The first-order valence-corrected chi connectivity index (χ1v) is 5.46. The molecule has 1 amide bonds. The first kappa shape index (κ1) is 10.8. The average Bonchev–Trinajstić information content (AvgIpc) is 2.21. The molecule has 4 nitrogen and oxygen atoms in total. The van der Waals surface area contributed by atoms with Crippen molar-refractivity contribution in [3.8, 4) is 0 Å². The van der Waals surface area contributed by atoms with Crippen LogP contribution in [0, 0.1) is 0 Å². The Morgan fingerprint density at radius 2 is 2.12 bits per heavy atom. The van der Waals surface area contributed by atoms with Crippen LogP contribution in [0.4, 0.5) is 17.1 Å². The Kier molecular flexibility index (Phi) is 2.30. The molecule has 0 aliphatic carbocycles. The van der Waals surface area contributed by atoms with E-state index in [1.807, 2.05) is 43.9 Å². The number of rotatable bonds is 1.